The molecule has 0 saturated carbocycles. The van der Waals surface area contributed by atoms with Gasteiger partial charge in [-0.3, -0.25) is 0 Å². The van der Waals surface area contributed by atoms with Crippen LogP contribution in [0.4, 0.5) is 10.5 Å². The lowest BCUT2D eigenvalue weighted by Gasteiger charge is -2.16. The Morgan fingerprint density at radius 1 is 1.48 bits per heavy atom. The van der Waals surface area contributed by atoms with Crippen molar-refractivity contribution in [3.05, 3.63) is 29.8 Å². The Labute approximate surface area is 131 Å². The predicted octanol–water partition coefficient (Wildman–Crippen LogP) is 3.37. The molecule has 0 spiro atoms. The van der Waals surface area contributed by atoms with Crippen molar-refractivity contribution in [3.8, 4) is 0 Å². The van der Waals surface area contributed by atoms with Crippen molar-refractivity contribution in [1.82, 2.24) is 10.6 Å². The molecule has 0 radical (unpaired) electrons. The quantitative estimate of drug-likeness (QED) is 0.755. The molecule has 5 heteroatoms. The highest BCUT2D eigenvalue weighted by molar-refractivity contribution is 7.99. The van der Waals surface area contributed by atoms with Gasteiger partial charge in [0.2, 0.25) is 0 Å². The van der Waals surface area contributed by atoms with E-state index in [0.29, 0.717) is 12.1 Å². The van der Waals surface area contributed by atoms with E-state index in [1.807, 2.05) is 30.0 Å². The van der Waals surface area contributed by atoms with Crippen LogP contribution in [0.25, 0.3) is 0 Å². The van der Waals surface area contributed by atoms with Gasteiger partial charge in [0.1, 0.15) is 0 Å². The number of hydrogen-bond donors (Lipinski definition) is 3. The van der Waals surface area contributed by atoms with E-state index in [0.717, 1.165) is 36.6 Å². The Bertz CT molecular complexity index is 461. The zero-order valence-corrected chi connectivity index (χ0v) is 13.6. The van der Waals surface area contributed by atoms with E-state index in [9.17, 15) is 4.79 Å². The highest BCUT2D eigenvalue weighted by Gasteiger charge is 2.17. The second-order valence-electron chi connectivity index (χ2n) is 5.46. The summed E-state index contributed by atoms with van der Waals surface area (Å²) in [5.74, 6) is 2.16. The van der Waals surface area contributed by atoms with Gasteiger partial charge in [0.15, 0.2) is 0 Å². The first-order valence-corrected chi connectivity index (χ1v) is 8.83. The minimum absolute atomic E-state index is 0.103. The monoisotopic (exact) mass is 307 g/mol. The third-order valence-corrected chi connectivity index (χ3v) is 4.77. The molecule has 1 saturated heterocycles. The van der Waals surface area contributed by atoms with Crippen molar-refractivity contribution in [1.29, 1.82) is 0 Å². The summed E-state index contributed by atoms with van der Waals surface area (Å²) in [6.07, 6.45) is 2.18. The zero-order chi connectivity index (χ0) is 15.1. The normalized spacial score (nSPS) is 19.2. The summed E-state index contributed by atoms with van der Waals surface area (Å²) in [5.41, 5.74) is 2.04. The molecule has 3 N–H and O–H groups in total. The number of amides is 2. The summed E-state index contributed by atoms with van der Waals surface area (Å²) in [7, 11) is 0. The Morgan fingerprint density at radius 3 is 3.05 bits per heavy atom. The molecule has 1 aromatic rings. The van der Waals surface area contributed by atoms with E-state index in [-0.39, 0.29) is 6.03 Å². The topological polar surface area (TPSA) is 53.2 Å². The van der Waals surface area contributed by atoms with Crippen LogP contribution in [0.1, 0.15) is 38.3 Å². The van der Waals surface area contributed by atoms with Gasteiger partial charge in [-0.15, -0.1) is 0 Å². The number of benzene rings is 1. The van der Waals surface area contributed by atoms with Crippen LogP contribution in [-0.4, -0.2) is 30.1 Å². The van der Waals surface area contributed by atoms with Crippen LogP contribution in [0.3, 0.4) is 0 Å². The van der Waals surface area contributed by atoms with Crippen molar-refractivity contribution >= 4 is 23.5 Å². The fourth-order valence-corrected chi connectivity index (χ4v) is 3.52. The average Bonchev–Trinajstić information content (AvgIpc) is 2.97. The summed E-state index contributed by atoms with van der Waals surface area (Å²) < 4.78 is 0. The molecule has 1 heterocycles. The maximum Gasteiger partial charge on any atom is 0.319 e. The standard InChI is InChI=1S/C16H25N3OS/c1-3-8-17-12(2)13-5-4-6-14(10-13)18-16(20)19-15-7-9-21-11-15/h4-6,10,12,15,17H,3,7-9,11H2,1-2H3,(H2,18,19,20). The van der Waals surface area contributed by atoms with Crippen molar-refractivity contribution in [2.75, 3.05) is 23.4 Å². The van der Waals surface area contributed by atoms with Crippen LogP contribution in [0.15, 0.2) is 24.3 Å². The van der Waals surface area contributed by atoms with Gasteiger partial charge >= 0.3 is 6.03 Å². The molecule has 2 rings (SSSR count). The molecule has 116 valence electrons. The maximum atomic E-state index is 12.0. The van der Waals surface area contributed by atoms with E-state index >= 15 is 0 Å². The summed E-state index contributed by atoms with van der Waals surface area (Å²) in [6.45, 7) is 5.30. The summed E-state index contributed by atoms with van der Waals surface area (Å²) >= 11 is 1.89. The van der Waals surface area contributed by atoms with Gasteiger partial charge in [-0.1, -0.05) is 19.1 Å². The second-order valence-corrected chi connectivity index (χ2v) is 6.61. The van der Waals surface area contributed by atoms with Crippen LogP contribution in [-0.2, 0) is 0 Å². The molecule has 1 fully saturated rings. The molecule has 2 unspecified atom stereocenters. The summed E-state index contributed by atoms with van der Waals surface area (Å²) in [6, 6.07) is 8.54. The number of thioether (sulfide) groups is 1. The third kappa shape index (κ3) is 5.25. The van der Waals surface area contributed by atoms with Crippen molar-refractivity contribution in [2.45, 2.75) is 38.8 Å². The molecule has 1 aliphatic rings. The first-order chi connectivity index (χ1) is 10.2. The number of carbonyl (C=O) groups is 1. The molecule has 2 atom stereocenters. The molecule has 0 aliphatic carbocycles. The lowest BCUT2D eigenvalue weighted by Crippen LogP contribution is -2.37. The van der Waals surface area contributed by atoms with Crippen molar-refractivity contribution in [3.63, 3.8) is 0 Å². The lowest BCUT2D eigenvalue weighted by molar-refractivity contribution is 0.249. The van der Waals surface area contributed by atoms with E-state index in [2.05, 4.69) is 35.9 Å². The number of urea groups is 1. The van der Waals surface area contributed by atoms with E-state index < -0.39 is 0 Å². The van der Waals surface area contributed by atoms with Crippen LogP contribution < -0.4 is 16.0 Å². The molecule has 4 nitrogen and oxygen atoms in total. The van der Waals surface area contributed by atoms with Gasteiger partial charge in [0.05, 0.1) is 0 Å². The van der Waals surface area contributed by atoms with Gasteiger partial charge in [-0.2, -0.15) is 11.8 Å². The molecule has 0 aromatic heterocycles. The fourth-order valence-electron chi connectivity index (χ4n) is 2.37. The second kappa shape index (κ2) is 8.29. The van der Waals surface area contributed by atoms with Crippen LogP contribution in [0.2, 0.25) is 0 Å². The van der Waals surface area contributed by atoms with E-state index in [1.54, 1.807) is 0 Å². The van der Waals surface area contributed by atoms with Gasteiger partial charge in [-0.25, -0.2) is 4.79 Å². The maximum absolute atomic E-state index is 12.0. The molecular weight excluding hydrogens is 282 g/mol. The van der Waals surface area contributed by atoms with Gasteiger partial charge in [-0.05, 0) is 49.8 Å². The van der Waals surface area contributed by atoms with E-state index in [4.69, 9.17) is 0 Å². The molecular formula is C16H25N3OS. The molecule has 2 amide bonds. The van der Waals surface area contributed by atoms with Gasteiger partial charge < -0.3 is 16.0 Å². The summed E-state index contributed by atoms with van der Waals surface area (Å²) in [4.78, 5) is 12.0. The number of rotatable bonds is 6. The Morgan fingerprint density at radius 2 is 2.33 bits per heavy atom. The van der Waals surface area contributed by atoms with Crippen molar-refractivity contribution < 1.29 is 4.79 Å². The van der Waals surface area contributed by atoms with Crippen molar-refractivity contribution in [2.24, 2.45) is 0 Å². The Hall–Kier alpha value is -1.20. The summed E-state index contributed by atoms with van der Waals surface area (Å²) in [5, 5.41) is 9.41. The van der Waals surface area contributed by atoms with Crippen LogP contribution in [0, 0.1) is 0 Å². The Kier molecular flexibility index (Phi) is 6.39. The zero-order valence-electron chi connectivity index (χ0n) is 12.8. The largest absolute Gasteiger partial charge is 0.334 e. The number of nitrogens with one attached hydrogen (secondary N) is 3. The number of hydrogen-bond acceptors (Lipinski definition) is 3. The first kappa shape index (κ1) is 16.2. The highest BCUT2D eigenvalue weighted by atomic mass is 32.2. The highest BCUT2D eigenvalue weighted by Crippen LogP contribution is 2.19. The third-order valence-electron chi connectivity index (χ3n) is 3.61. The fraction of sp³-hybridized carbons (Fsp3) is 0.562. The minimum atomic E-state index is -0.103. The smallest absolute Gasteiger partial charge is 0.319 e. The van der Waals surface area contributed by atoms with Crippen LogP contribution >= 0.6 is 11.8 Å². The van der Waals surface area contributed by atoms with Gasteiger partial charge in [0, 0.05) is 23.5 Å². The molecule has 0 bridgehead atoms. The lowest BCUT2D eigenvalue weighted by atomic mass is 10.1. The average molecular weight is 307 g/mol. The predicted molar refractivity (Wildman–Crippen MR) is 91.0 cm³/mol. The SMILES string of the molecule is CCCNC(C)c1cccc(NC(=O)NC2CCSC2)c1. The molecule has 1 aromatic carbocycles. The van der Waals surface area contributed by atoms with Crippen LogP contribution in [0.5, 0.6) is 0 Å². The first-order valence-electron chi connectivity index (χ1n) is 7.67. The number of carbonyl (C=O) groups excluding carboxylic acids is 1. The number of anilines is 1. The molecule has 1 aliphatic heterocycles. The van der Waals surface area contributed by atoms with E-state index in [1.165, 1.54) is 5.56 Å². The Balaban J connectivity index is 1.89. The van der Waals surface area contributed by atoms with Gasteiger partial charge in [0.25, 0.3) is 0 Å². The minimum Gasteiger partial charge on any atom is -0.334 e. The molecule has 21 heavy (non-hydrogen) atoms.